The van der Waals surface area contributed by atoms with E-state index in [0.717, 1.165) is 56.1 Å². The molecule has 0 bridgehead atoms. The number of hydrogen-bond donors (Lipinski definition) is 1. The van der Waals surface area contributed by atoms with Crippen molar-refractivity contribution in [3.8, 4) is 6.07 Å². The molecule has 0 atom stereocenters. The first-order chi connectivity index (χ1) is 14.0. The van der Waals surface area contributed by atoms with E-state index < -0.39 is 0 Å². The van der Waals surface area contributed by atoms with Gasteiger partial charge in [0, 0.05) is 51.2 Å². The van der Waals surface area contributed by atoms with Crippen molar-refractivity contribution in [1.82, 2.24) is 25.0 Å². The maximum Gasteiger partial charge on any atom is 0.317 e. The summed E-state index contributed by atoms with van der Waals surface area (Å²) in [5.41, 5.74) is 2.76. The number of anilines is 1. The van der Waals surface area contributed by atoms with Crippen LogP contribution in [0.4, 0.5) is 10.6 Å². The highest BCUT2D eigenvalue weighted by molar-refractivity contribution is 5.74. The fourth-order valence-electron chi connectivity index (χ4n) is 3.72. The predicted molar refractivity (Wildman–Crippen MR) is 112 cm³/mol. The number of carbonyl (C=O) groups excluding carboxylic acids is 1. The van der Waals surface area contributed by atoms with Crippen LogP contribution in [-0.2, 0) is 6.54 Å². The number of hydrogen-bond acceptors (Lipinski definition) is 5. The van der Waals surface area contributed by atoms with Gasteiger partial charge in [0.05, 0.1) is 11.3 Å². The molecule has 1 N–H and O–H groups in total. The maximum atomic E-state index is 12.5. The fourth-order valence-corrected chi connectivity index (χ4v) is 3.72. The largest absolute Gasteiger partial charge is 0.355 e. The van der Waals surface area contributed by atoms with Crippen LogP contribution in [0.2, 0.25) is 0 Å². The molecule has 3 heterocycles. The van der Waals surface area contributed by atoms with Gasteiger partial charge in [0.25, 0.3) is 0 Å². The first-order valence-electron chi connectivity index (χ1n) is 10.1. The van der Waals surface area contributed by atoms with Gasteiger partial charge in [-0.15, -0.1) is 0 Å². The Labute approximate surface area is 172 Å². The van der Waals surface area contributed by atoms with Gasteiger partial charge in [0.1, 0.15) is 11.9 Å². The quantitative estimate of drug-likeness (QED) is 0.811. The molecule has 0 aromatic carbocycles. The summed E-state index contributed by atoms with van der Waals surface area (Å²) in [6.07, 6.45) is 4.26. The summed E-state index contributed by atoms with van der Waals surface area (Å²) in [6, 6.07) is 7.94. The predicted octanol–water partition coefficient (Wildman–Crippen LogP) is 2.47. The average molecular weight is 396 g/mol. The monoisotopic (exact) mass is 395 g/mol. The van der Waals surface area contributed by atoms with Crippen molar-refractivity contribution in [3.63, 3.8) is 0 Å². The SMILES string of the molecule is Cc1cc(C)n(CCCN(C)C(=O)NC2CCN(c3ncccc3C#N)CC2)n1. The molecule has 1 fully saturated rings. The van der Waals surface area contributed by atoms with Crippen LogP contribution >= 0.6 is 0 Å². The minimum Gasteiger partial charge on any atom is -0.355 e. The number of carbonyl (C=O) groups is 1. The van der Waals surface area contributed by atoms with Crippen LogP contribution in [0.3, 0.4) is 0 Å². The van der Waals surface area contributed by atoms with E-state index in [1.807, 2.05) is 25.6 Å². The minimum absolute atomic E-state index is 0.0348. The van der Waals surface area contributed by atoms with Crippen LogP contribution in [0.15, 0.2) is 24.4 Å². The highest BCUT2D eigenvalue weighted by atomic mass is 16.2. The number of aromatic nitrogens is 3. The van der Waals surface area contributed by atoms with Crippen LogP contribution in [-0.4, -0.2) is 58.4 Å². The Kier molecular flexibility index (Phi) is 6.70. The maximum absolute atomic E-state index is 12.5. The van der Waals surface area contributed by atoms with E-state index in [2.05, 4.69) is 32.4 Å². The van der Waals surface area contributed by atoms with Crippen molar-refractivity contribution in [3.05, 3.63) is 41.3 Å². The fraction of sp³-hybridized carbons (Fsp3) is 0.524. The lowest BCUT2D eigenvalue weighted by molar-refractivity contribution is 0.200. The Morgan fingerprint density at radius 2 is 2.14 bits per heavy atom. The molecule has 0 radical (unpaired) electrons. The lowest BCUT2D eigenvalue weighted by Crippen LogP contribution is -2.48. The smallest absolute Gasteiger partial charge is 0.317 e. The molecule has 1 saturated heterocycles. The molecule has 29 heavy (non-hydrogen) atoms. The van der Waals surface area contributed by atoms with E-state index in [1.165, 1.54) is 0 Å². The van der Waals surface area contributed by atoms with Gasteiger partial charge >= 0.3 is 6.03 Å². The first kappa shape index (κ1) is 20.6. The van der Waals surface area contributed by atoms with Crippen LogP contribution in [0.1, 0.15) is 36.2 Å². The number of piperidine rings is 1. The molecule has 1 aliphatic rings. The molecular weight excluding hydrogens is 366 g/mol. The zero-order valence-electron chi connectivity index (χ0n) is 17.4. The third-order valence-corrected chi connectivity index (χ3v) is 5.34. The molecule has 0 aliphatic carbocycles. The molecule has 0 spiro atoms. The number of nitrogens with zero attached hydrogens (tertiary/aromatic N) is 6. The van der Waals surface area contributed by atoms with Crippen LogP contribution in [0.5, 0.6) is 0 Å². The summed E-state index contributed by atoms with van der Waals surface area (Å²) in [6.45, 7) is 7.08. The Bertz CT molecular complexity index is 877. The molecule has 3 rings (SSSR count). The van der Waals surface area contributed by atoms with E-state index in [1.54, 1.807) is 23.2 Å². The van der Waals surface area contributed by atoms with Gasteiger partial charge < -0.3 is 15.1 Å². The second-order valence-corrected chi connectivity index (χ2v) is 7.62. The minimum atomic E-state index is -0.0348. The highest BCUT2D eigenvalue weighted by Crippen LogP contribution is 2.21. The third kappa shape index (κ3) is 5.25. The van der Waals surface area contributed by atoms with Gasteiger partial charge in [-0.1, -0.05) is 0 Å². The van der Waals surface area contributed by atoms with Crippen molar-refractivity contribution in [2.24, 2.45) is 0 Å². The Morgan fingerprint density at radius 3 is 2.79 bits per heavy atom. The summed E-state index contributed by atoms with van der Waals surface area (Å²) in [5, 5.41) is 16.8. The second kappa shape index (κ2) is 9.41. The molecule has 8 nitrogen and oxygen atoms in total. The molecule has 0 unspecified atom stereocenters. The summed E-state index contributed by atoms with van der Waals surface area (Å²) in [4.78, 5) is 20.7. The summed E-state index contributed by atoms with van der Waals surface area (Å²) in [7, 11) is 1.83. The summed E-state index contributed by atoms with van der Waals surface area (Å²) in [5.74, 6) is 0.737. The molecule has 0 saturated carbocycles. The molecule has 2 aromatic rings. The Balaban J connectivity index is 1.42. The van der Waals surface area contributed by atoms with Crippen molar-refractivity contribution in [2.45, 2.75) is 45.7 Å². The van der Waals surface area contributed by atoms with Gasteiger partial charge in [0.2, 0.25) is 0 Å². The lowest BCUT2D eigenvalue weighted by Gasteiger charge is -2.34. The van der Waals surface area contributed by atoms with Gasteiger partial charge in [-0.25, -0.2) is 9.78 Å². The number of rotatable bonds is 6. The topological polar surface area (TPSA) is 90.1 Å². The molecule has 1 aliphatic heterocycles. The Morgan fingerprint density at radius 1 is 1.38 bits per heavy atom. The number of pyridine rings is 1. The van der Waals surface area contributed by atoms with E-state index in [0.29, 0.717) is 12.1 Å². The number of nitriles is 1. The van der Waals surface area contributed by atoms with Gasteiger partial charge in [-0.05, 0) is 51.3 Å². The molecular formula is C21H29N7O. The first-order valence-corrected chi connectivity index (χ1v) is 10.1. The van der Waals surface area contributed by atoms with E-state index in [9.17, 15) is 10.1 Å². The van der Waals surface area contributed by atoms with Gasteiger partial charge in [0.15, 0.2) is 0 Å². The number of urea groups is 1. The third-order valence-electron chi connectivity index (χ3n) is 5.34. The summed E-state index contributed by atoms with van der Waals surface area (Å²) < 4.78 is 1.99. The van der Waals surface area contributed by atoms with Crippen molar-refractivity contribution in [1.29, 1.82) is 5.26 Å². The molecule has 154 valence electrons. The second-order valence-electron chi connectivity index (χ2n) is 7.62. The Hall–Kier alpha value is -3.08. The van der Waals surface area contributed by atoms with Gasteiger partial charge in [-0.3, -0.25) is 4.68 Å². The van der Waals surface area contributed by atoms with Crippen molar-refractivity contribution in [2.75, 3.05) is 31.6 Å². The van der Waals surface area contributed by atoms with Crippen LogP contribution in [0, 0.1) is 25.2 Å². The van der Waals surface area contributed by atoms with Crippen molar-refractivity contribution < 1.29 is 4.79 Å². The van der Waals surface area contributed by atoms with Gasteiger partial charge in [-0.2, -0.15) is 10.4 Å². The number of amides is 2. The van der Waals surface area contributed by atoms with Crippen LogP contribution in [0.25, 0.3) is 0 Å². The zero-order valence-corrected chi connectivity index (χ0v) is 17.4. The summed E-state index contributed by atoms with van der Waals surface area (Å²) >= 11 is 0. The van der Waals surface area contributed by atoms with E-state index in [4.69, 9.17) is 0 Å². The van der Waals surface area contributed by atoms with E-state index in [-0.39, 0.29) is 12.1 Å². The molecule has 2 amide bonds. The average Bonchev–Trinajstić information content (AvgIpc) is 3.05. The standard InChI is InChI=1S/C21H29N7O/c1-16-14-17(2)28(25-16)11-5-10-26(3)21(29)24-19-7-12-27(13-8-19)20-18(15-22)6-4-9-23-20/h4,6,9,14,19H,5,7-8,10-13H2,1-3H3,(H,24,29). The zero-order chi connectivity index (χ0) is 20.8. The number of nitrogens with one attached hydrogen (secondary N) is 1. The van der Waals surface area contributed by atoms with Crippen LogP contribution < -0.4 is 10.2 Å². The normalized spacial score (nSPS) is 14.5. The van der Waals surface area contributed by atoms with E-state index >= 15 is 0 Å². The lowest BCUT2D eigenvalue weighted by atomic mass is 10.0. The molecule has 8 heteroatoms. The highest BCUT2D eigenvalue weighted by Gasteiger charge is 2.23. The molecule has 2 aromatic heterocycles. The number of aryl methyl sites for hydroxylation is 3. The van der Waals surface area contributed by atoms with Crippen molar-refractivity contribution >= 4 is 11.8 Å².